The van der Waals surface area contributed by atoms with Crippen LogP contribution in [0.2, 0.25) is 0 Å². The average molecular weight is 414 g/mol. The Labute approximate surface area is 170 Å². The van der Waals surface area contributed by atoms with Gasteiger partial charge in [-0.1, -0.05) is 12.0 Å². The summed E-state index contributed by atoms with van der Waals surface area (Å²) in [6.45, 7) is 2.11. The molecule has 3 aromatic rings. The van der Waals surface area contributed by atoms with E-state index in [4.69, 9.17) is 4.74 Å². The molecule has 30 heavy (non-hydrogen) atoms. The van der Waals surface area contributed by atoms with Gasteiger partial charge in [0.05, 0.1) is 24.3 Å². The second kappa shape index (κ2) is 7.28. The van der Waals surface area contributed by atoms with E-state index in [2.05, 4.69) is 32.5 Å². The maximum Gasteiger partial charge on any atom is 0.336 e. The van der Waals surface area contributed by atoms with Gasteiger partial charge in [0, 0.05) is 30.1 Å². The number of phenols is 1. The van der Waals surface area contributed by atoms with Gasteiger partial charge in [-0.3, -0.25) is 0 Å². The number of ether oxygens (including phenoxy) is 1. The maximum absolute atomic E-state index is 14.6. The highest BCUT2D eigenvalue weighted by Crippen LogP contribution is 2.35. The third-order valence-electron chi connectivity index (χ3n) is 5.84. The number of benzene rings is 1. The Morgan fingerprint density at radius 3 is 2.77 bits per heavy atom. The van der Waals surface area contributed by atoms with Crippen molar-refractivity contribution >= 4 is 0 Å². The lowest BCUT2D eigenvalue weighted by Gasteiger charge is -2.32. The summed E-state index contributed by atoms with van der Waals surface area (Å²) in [5.41, 5.74) is 1.22. The Balaban J connectivity index is 1.32. The molecule has 2 aliphatic heterocycles. The molecule has 8 nitrogen and oxygen atoms in total. The van der Waals surface area contributed by atoms with Crippen LogP contribution in [0.3, 0.4) is 0 Å². The molecule has 2 bridgehead atoms. The molecular weight excluding hydrogens is 394 g/mol. The lowest BCUT2D eigenvalue weighted by molar-refractivity contribution is 0.0375. The zero-order valence-electron chi connectivity index (χ0n) is 16.1. The molecule has 0 amide bonds. The Morgan fingerprint density at radius 2 is 2.07 bits per heavy atom. The third-order valence-corrected chi connectivity index (χ3v) is 5.84. The number of hydrogen-bond acceptors (Lipinski definition) is 7. The van der Waals surface area contributed by atoms with Crippen LogP contribution in [0, 0.1) is 11.7 Å². The van der Waals surface area contributed by atoms with Crippen molar-refractivity contribution < 1.29 is 18.6 Å². The van der Waals surface area contributed by atoms with Crippen molar-refractivity contribution in [3.05, 3.63) is 42.6 Å². The Bertz CT molecular complexity index is 1060. The number of alkyl halides is 1. The van der Waals surface area contributed by atoms with E-state index >= 15 is 0 Å². The molecule has 2 N–H and O–H groups in total. The molecule has 156 valence electrons. The average Bonchev–Trinajstić information content (AvgIpc) is 3.30. The van der Waals surface area contributed by atoms with Gasteiger partial charge in [0.1, 0.15) is 17.5 Å². The molecule has 0 spiro atoms. The second-order valence-electron chi connectivity index (χ2n) is 7.86. The summed E-state index contributed by atoms with van der Waals surface area (Å²) in [6, 6.07) is 4.75. The number of nitrogens with zero attached hydrogens (tertiary/aromatic N) is 5. The maximum atomic E-state index is 14.6. The van der Waals surface area contributed by atoms with E-state index < -0.39 is 18.1 Å². The zero-order valence-corrected chi connectivity index (χ0v) is 16.1. The first-order valence-corrected chi connectivity index (χ1v) is 9.78. The molecule has 0 radical (unpaired) electrons. The van der Waals surface area contributed by atoms with Crippen molar-refractivity contribution in [2.75, 3.05) is 0 Å². The number of halogens is 2. The Morgan fingerprint density at radius 1 is 1.20 bits per heavy atom. The molecule has 10 heteroatoms. The number of hydrogen-bond donors (Lipinski definition) is 2. The summed E-state index contributed by atoms with van der Waals surface area (Å²) >= 11 is 0. The van der Waals surface area contributed by atoms with Gasteiger partial charge in [-0.2, -0.15) is 5.10 Å². The summed E-state index contributed by atoms with van der Waals surface area (Å²) in [4.78, 5) is 4.14. The smallest absolute Gasteiger partial charge is 0.336 e. The first-order chi connectivity index (χ1) is 14.5. The van der Waals surface area contributed by atoms with E-state index in [9.17, 15) is 13.9 Å². The molecular formula is C20H20F2N6O2. The molecule has 2 fully saturated rings. The van der Waals surface area contributed by atoms with Crippen LogP contribution in [0.25, 0.3) is 16.9 Å². The predicted octanol–water partition coefficient (Wildman–Crippen LogP) is 2.42. The first kappa shape index (κ1) is 18.9. The largest absolute Gasteiger partial charge is 0.507 e. The van der Waals surface area contributed by atoms with Crippen LogP contribution < -0.4 is 10.1 Å². The molecule has 5 atom stereocenters. The van der Waals surface area contributed by atoms with E-state index in [0.29, 0.717) is 29.3 Å². The van der Waals surface area contributed by atoms with Gasteiger partial charge < -0.3 is 15.2 Å². The van der Waals surface area contributed by atoms with Crippen molar-refractivity contribution in [3.8, 4) is 28.7 Å². The number of aromatic nitrogens is 5. The number of phenolic OH excluding ortho intramolecular Hbond substituents is 1. The number of rotatable bonds is 4. The Hall–Kier alpha value is -3.14. The highest BCUT2D eigenvalue weighted by molar-refractivity contribution is 5.67. The number of piperidine rings is 1. The second-order valence-corrected chi connectivity index (χ2v) is 7.86. The highest BCUT2D eigenvalue weighted by Gasteiger charge is 2.46. The zero-order chi connectivity index (χ0) is 20.8. The molecule has 2 aliphatic rings. The van der Waals surface area contributed by atoms with Crippen molar-refractivity contribution in [3.63, 3.8) is 0 Å². The van der Waals surface area contributed by atoms with Crippen LogP contribution in [-0.4, -0.2) is 54.4 Å². The molecule has 1 aromatic carbocycles. The van der Waals surface area contributed by atoms with E-state index in [1.165, 1.54) is 23.1 Å². The van der Waals surface area contributed by atoms with Crippen LogP contribution in [-0.2, 0) is 0 Å². The summed E-state index contributed by atoms with van der Waals surface area (Å²) in [7, 11) is 0. The third kappa shape index (κ3) is 3.36. The number of aromatic hydroxyl groups is 1. The quantitative estimate of drug-likeness (QED) is 0.677. The van der Waals surface area contributed by atoms with Crippen molar-refractivity contribution in [1.82, 2.24) is 30.3 Å². The summed E-state index contributed by atoms with van der Waals surface area (Å²) < 4.78 is 34.8. The first-order valence-electron chi connectivity index (χ1n) is 9.78. The van der Waals surface area contributed by atoms with Crippen molar-refractivity contribution in [1.29, 1.82) is 0 Å². The minimum atomic E-state index is -1.13. The molecule has 2 aromatic heterocycles. The van der Waals surface area contributed by atoms with Crippen LogP contribution in [0.4, 0.5) is 8.78 Å². The van der Waals surface area contributed by atoms with Gasteiger partial charge in [0.15, 0.2) is 12.0 Å². The monoisotopic (exact) mass is 414 g/mol. The van der Waals surface area contributed by atoms with Gasteiger partial charge in [-0.15, -0.1) is 5.10 Å². The topological polar surface area (TPSA) is 98.0 Å². The minimum absolute atomic E-state index is 0.00322. The SMILES string of the molecule is CC1CC2NC1C[C@H](Oc1ncc(-c3ccc(-n4cc(F)cn4)cc3O)nn1)[C@@H]2F. The van der Waals surface area contributed by atoms with Crippen LogP contribution in [0.1, 0.15) is 19.8 Å². The fourth-order valence-corrected chi connectivity index (χ4v) is 4.25. The van der Waals surface area contributed by atoms with Gasteiger partial charge >= 0.3 is 6.01 Å². The van der Waals surface area contributed by atoms with E-state index in [1.54, 1.807) is 12.1 Å². The summed E-state index contributed by atoms with van der Waals surface area (Å²) in [5, 5.41) is 25.5. The van der Waals surface area contributed by atoms with E-state index in [0.717, 1.165) is 12.6 Å². The normalized spacial score (nSPS) is 27.9. The highest BCUT2D eigenvalue weighted by atomic mass is 19.1. The molecule has 2 saturated heterocycles. The standard InChI is InChI=1S/C20H20F2N6O2/c1-10-4-15-19(22)18(6-14(10)25-15)30-20-23-8-16(26-27-20)13-3-2-12(5-17(13)29)28-9-11(21)7-24-28/h2-3,5,7-10,14-15,18-19,25,29H,4,6H2,1H3/t10?,14?,15?,18-,19+/m0/s1. The van der Waals surface area contributed by atoms with E-state index in [-0.39, 0.29) is 23.8 Å². The number of nitrogens with one attached hydrogen (secondary N) is 1. The summed E-state index contributed by atoms with van der Waals surface area (Å²) in [6.07, 6.45) is 3.31. The predicted molar refractivity (Wildman–Crippen MR) is 102 cm³/mol. The fourth-order valence-electron chi connectivity index (χ4n) is 4.25. The van der Waals surface area contributed by atoms with Gasteiger partial charge in [-0.05, 0) is 24.5 Å². The van der Waals surface area contributed by atoms with Crippen LogP contribution in [0.5, 0.6) is 11.8 Å². The molecule has 3 unspecified atom stereocenters. The van der Waals surface area contributed by atoms with E-state index in [1.807, 2.05) is 0 Å². The molecule has 4 heterocycles. The van der Waals surface area contributed by atoms with Gasteiger partial charge in [0.25, 0.3) is 0 Å². The molecule has 0 aliphatic carbocycles. The van der Waals surface area contributed by atoms with Gasteiger partial charge in [-0.25, -0.2) is 18.4 Å². The van der Waals surface area contributed by atoms with Crippen molar-refractivity contribution in [2.45, 2.75) is 44.1 Å². The van der Waals surface area contributed by atoms with Crippen LogP contribution >= 0.6 is 0 Å². The molecule has 5 rings (SSSR count). The molecule has 0 saturated carbocycles. The lowest BCUT2D eigenvalue weighted by Crippen LogP contribution is -2.52. The number of fused-ring (bicyclic) bond motifs is 2. The summed E-state index contributed by atoms with van der Waals surface area (Å²) in [5.74, 6) is -0.149. The lowest BCUT2D eigenvalue weighted by atomic mass is 9.98. The van der Waals surface area contributed by atoms with Crippen LogP contribution in [0.15, 0.2) is 36.8 Å². The van der Waals surface area contributed by atoms with Crippen molar-refractivity contribution in [2.24, 2.45) is 5.92 Å². The fraction of sp³-hybridized carbons (Fsp3) is 0.400. The van der Waals surface area contributed by atoms with Gasteiger partial charge in [0.2, 0.25) is 0 Å². The minimum Gasteiger partial charge on any atom is -0.507 e. The Kier molecular flexibility index (Phi) is 4.58.